The second-order valence-corrected chi connectivity index (χ2v) is 2.25. The van der Waals surface area contributed by atoms with E-state index in [9.17, 15) is 4.79 Å². The van der Waals surface area contributed by atoms with E-state index < -0.39 is 11.9 Å². The summed E-state index contributed by atoms with van der Waals surface area (Å²) in [6.45, 7) is 10.0. The molecule has 3 heteroatoms. The standard InChI is InChI=1S/C8H9ClO2/c1-4-7(6(3)9)8(10)11-5-2/h4-5,7H,1-3H2. The first-order valence-corrected chi connectivity index (χ1v) is 3.29. The fourth-order valence-corrected chi connectivity index (χ4v) is 0.686. The zero-order chi connectivity index (χ0) is 8.85. The van der Waals surface area contributed by atoms with Gasteiger partial charge in [-0.3, -0.25) is 4.79 Å². The Hall–Kier alpha value is -1.02. The number of rotatable bonds is 4. The lowest BCUT2D eigenvalue weighted by Crippen LogP contribution is -2.12. The van der Waals surface area contributed by atoms with Crippen LogP contribution in [0, 0.1) is 5.92 Å². The minimum Gasteiger partial charge on any atom is -0.434 e. The zero-order valence-corrected chi connectivity index (χ0v) is 6.80. The molecule has 11 heavy (non-hydrogen) atoms. The maximum Gasteiger partial charge on any atom is 0.322 e. The van der Waals surface area contributed by atoms with Crippen molar-refractivity contribution >= 4 is 17.6 Å². The van der Waals surface area contributed by atoms with E-state index in [1.54, 1.807) is 0 Å². The summed E-state index contributed by atoms with van der Waals surface area (Å²) >= 11 is 5.47. The smallest absolute Gasteiger partial charge is 0.322 e. The number of carbonyl (C=O) groups is 1. The molecule has 0 aliphatic rings. The SMILES string of the molecule is C=COC(=O)C(C=C)C(=C)Cl. The van der Waals surface area contributed by atoms with Crippen LogP contribution in [0.1, 0.15) is 0 Å². The van der Waals surface area contributed by atoms with Gasteiger partial charge in [-0.2, -0.15) is 0 Å². The Morgan fingerprint density at radius 1 is 1.55 bits per heavy atom. The Balaban J connectivity index is 4.25. The largest absolute Gasteiger partial charge is 0.434 e. The van der Waals surface area contributed by atoms with Crippen LogP contribution >= 0.6 is 11.6 Å². The highest BCUT2D eigenvalue weighted by Crippen LogP contribution is 2.15. The summed E-state index contributed by atoms with van der Waals surface area (Å²) in [6.07, 6.45) is 2.40. The van der Waals surface area contributed by atoms with Gasteiger partial charge in [0.15, 0.2) is 0 Å². The Morgan fingerprint density at radius 3 is 2.36 bits per heavy atom. The van der Waals surface area contributed by atoms with Gasteiger partial charge < -0.3 is 4.74 Å². The molecule has 0 heterocycles. The minimum atomic E-state index is -0.658. The van der Waals surface area contributed by atoms with Gasteiger partial charge in [-0.15, -0.1) is 6.58 Å². The molecule has 0 amide bonds. The molecule has 0 saturated carbocycles. The Kier molecular flexibility index (Phi) is 4.30. The zero-order valence-electron chi connectivity index (χ0n) is 6.05. The highest BCUT2D eigenvalue weighted by Gasteiger charge is 2.17. The van der Waals surface area contributed by atoms with Crippen molar-refractivity contribution in [3.8, 4) is 0 Å². The van der Waals surface area contributed by atoms with Gasteiger partial charge in [0.05, 0.1) is 6.26 Å². The van der Waals surface area contributed by atoms with E-state index in [1.807, 2.05) is 0 Å². The normalized spacial score (nSPS) is 11.4. The number of hydrogen-bond acceptors (Lipinski definition) is 2. The molecule has 0 N–H and O–H groups in total. The van der Waals surface area contributed by atoms with E-state index in [4.69, 9.17) is 11.6 Å². The maximum atomic E-state index is 10.9. The number of halogens is 1. The molecule has 0 radical (unpaired) electrons. The molecular weight excluding hydrogens is 164 g/mol. The Bertz CT molecular complexity index is 196. The molecule has 0 fully saturated rings. The third-order valence-corrected chi connectivity index (χ3v) is 1.26. The molecule has 0 aromatic rings. The second kappa shape index (κ2) is 4.74. The van der Waals surface area contributed by atoms with E-state index in [0.29, 0.717) is 0 Å². The monoisotopic (exact) mass is 172 g/mol. The predicted octanol–water partition coefficient (Wildman–Crippen LogP) is 2.23. The molecule has 0 aliphatic carbocycles. The number of carbonyl (C=O) groups excluding carboxylic acids is 1. The average molecular weight is 173 g/mol. The fraction of sp³-hybridized carbons (Fsp3) is 0.125. The predicted molar refractivity (Wildman–Crippen MR) is 45.0 cm³/mol. The molecule has 0 aromatic carbocycles. The number of ether oxygens (including phenoxy) is 1. The van der Waals surface area contributed by atoms with Crippen molar-refractivity contribution in [3.05, 3.63) is 37.1 Å². The third-order valence-electron chi connectivity index (χ3n) is 1.03. The fourth-order valence-electron chi connectivity index (χ4n) is 0.507. The average Bonchev–Trinajstić information content (AvgIpc) is 1.88. The van der Waals surface area contributed by atoms with E-state index in [2.05, 4.69) is 24.5 Å². The molecule has 60 valence electrons. The van der Waals surface area contributed by atoms with Crippen molar-refractivity contribution < 1.29 is 9.53 Å². The van der Waals surface area contributed by atoms with E-state index in [-0.39, 0.29) is 5.03 Å². The van der Waals surface area contributed by atoms with Gasteiger partial charge >= 0.3 is 5.97 Å². The molecular formula is C8H9ClO2. The summed E-state index contributed by atoms with van der Waals surface area (Å²) in [5.41, 5.74) is 0. The minimum absolute atomic E-state index is 0.187. The molecule has 0 bridgehead atoms. The van der Waals surface area contributed by atoms with Crippen molar-refractivity contribution in [2.75, 3.05) is 0 Å². The lowest BCUT2D eigenvalue weighted by Gasteiger charge is -2.06. The summed E-state index contributed by atoms with van der Waals surface area (Å²) in [5, 5.41) is 0.187. The lowest BCUT2D eigenvalue weighted by molar-refractivity contribution is -0.139. The molecule has 0 rings (SSSR count). The van der Waals surface area contributed by atoms with Gasteiger partial charge in [0.2, 0.25) is 0 Å². The summed E-state index contributed by atoms with van der Waals surface area (Å²) in [6, 6.07) is 0. The number of esters is 1. The van der Waals surface area contributed by atoms with Crippen LogP contribution in [-0.4, -0.2) is 5.97 Å². The first kappa shape index (κ1) is 9.98. The van der Waals surface area contributed by atoms with Crippen molar-refractivity contribution in [2.24, 2.45) is 5.92 Å². The van der Waals surface area contributed by atoms with Crippen LogP contribution in [0.25, 0.3) is 0 Å². The Morgan fingerprint density at radius 2 is 2.09 bits per heavy atom. The van der Waals surface area contributed by atoms with Crippen LogP contribution in [0.4, 0.5) is 0 Å². The summed E-state index contributed by atoms with van der Waals surface area (Å²) < 4.78 is 4.46. The van der Waals surface area contributed by atoms with Crippen molar-refractivity contribution in [2.45, 2.75) is 0 Å². The van der Waals surface area contributed by atoms with Gasteiger partial charge in [0, 0.05) is 5.03 Å². The van der Waals surface area contributed by atoms with E-state index in [1.165, 1.54) is 6.08 Å². The van der Waals surface area contributed by atoms with Crippen LogP contribution in [-0.2, 0) is 9.53 Å². The van der Waals surface area contributed by atoms with Gasteiger partial charge in [-0.25, -0.2) is 0 Å². The van der Waals surface area contributed by atoms with Crippen LogP contribution in [0.5, 0.6) is 0 Å². The Labute approximate surface area is 70.8 Å². The van der Waals surface area contributed by atoms with Gasteiger partial charge in [-0.1, -0.05) is 30.8 Å². The highest BCUT2D eigenvalue weighted by atomic mass is 35.5. The summed E-state index contributed by atoms with van der Waals surface area (Å²) in [4.78, 5) is 10.9. The molecule has 1 unspecified atom stereocenters. The van der Waals surface area contributed by atoms with Gasteiger partial charge in [-0.05, 0) is 0 Å². The van der Waals surface area contributed by atoms with Crippen LogP contribution < -0.4 is 0 Å². The molecule has 0 aliphatic heterocycles. The van der Waals surface area contributed by atoms with E-state index >= 15 is 0 Å². The third kappa shape index (κ3) is 3.05. The van der Waals surface area contributed by atoms with Crippen molar-refractivity contribution in [3.63, 3.8) is 0 Å². The topological polar surface area (TPSA) is 26.3 Å². The second-order valence-electron chi connectivity index (χ2n) is 1.76. The summed E-state index contributed by atoms with van der Waals surface area (Å²) in [7, 11) is 0. The van der Waals surface area contributed by atoms with Crippen LogP contribution in [0.2, 0.25) is 0 Å². The quantitative estimate of drug-likeness (QED) is 0.369. The molecule has 0 aromatic heterocycles. The van der Waals surface area contributed by atoms with E-state index in [0.717, 1.165) is 6.26 Å². The summed E-state index contributed by atoms with van der Waals surface area (Å²) in [5.74, 6) is -1.18. The highest BCUT2D eigenvalue weighted by molar-refractivity contribution is 6.31. The van der Waals surface area contributed by atoms with Crippen molar-refractivity contribution in [1.29, 1.82) is 0 Å². The van der Waals surface area contributed by atoms with Crippen molar-refractivity contribution in [1.82, 2.24) is 0 Å². The molecule has 0 spiro atoms. The van der Waals surface area contributed by atoms with Crippen LogP contribution in [0.15, 0.2) is 37.1 Å². The molecule has 1 atom stereocenters. The first-order valence-electron chi connectivity index (χ1n) is 2.91. The lowest BCUT2D eigenvalue weighted by atomic mass is 10.1. The molecule has 0 saturated heterocycles. The number of hydrogen-bond donors (Lipinski definition) is 0. The van der Waals surface area contributed by atoms with Crippen LogP contribution in [0.3, 0.4) is 0 Å². The molecule has 2 nitrogen and oxygen atoms in total. The van der Waals surface area contributed by atoms with Gasteiger partial charge in [0.1, 0.15) is 5.92 Å². The maximum absolute atomic E-state index is 10.9. The van der Waals surface area contributed by atoms with Gasteiger partial charge in [0.25, 0.3) is 0 Å². The first-order chi connectivity index (χ1) is 5.13.